The van der Waals surface area contributed by atoms with E-state index in [2.05, 4.69) is 6.92 Å². The summed E-state index contributed by atoms with van der Waals surface area (Å²) in [4.78, 5) is 0.889. The first-order chi connectivity index (χ1) is 17.1. The number of benzene rings is 1. The molecule has 0 radical (unpaired) electrons. The average molecular weight is 509 g/mol. The van der Waals surface area contributed by atoms with Gasteiger partial charge in [0.2, 0.25) is 0 Å². The van der Waals surface area contributed by atoms with Crippen molar-refractivity contribution in [3.63, 3.8) is 0 Å². The quantitative estimate of drug-likeness (QED) is 0.183. The smallest absolute Gasteiger partial charge is 0.146 e. The molecule has 0 N–H and O–H groups in total. The molecule has 2 aliphatic rings. The van der Waals surface area contributed by atoms with Crippen LogP contribution in [0.25, 0.3) is 0 Å². The van der Waals surface area contributed by atoms with Crippen LogP contribution in [0.3, 0.4) is 0 Å². The second-order valence-corrected chi connectivity index (χ2v) is 11.9. The summed E-state index contributed by atoms with van der Waals surface area (Å²) in [6.07, 6.45) is 15.9. The lowest BCUT2D eigenvalue weighted by Gasteiger charge is -2.38. The van der Waals surface area contributed by atoms with E-state index in [1.54, 1.807) is 7.11 Å². The summed E-state index contributed by atoms with van der Waals surface area (Å²) in [5.41, 5.74) is 1.19. The zero-order valence-corrected chi connectivity index (χ0v) is 23.1. The fourth-order valence-corrected chi connectivity index (χ4v) is 6.55. The van der Waals surface area contributed by atoms with Gasteiger partial charge < -0.3 is 18.9 Å². The van der Waals surface area contributed by atoms with E-state index in [4.69, 9.17) is 18.9 Å². The Morgan fingerprint density at radius 3 is 2.26 bits per heavy atom. The van der Waals surface area contributed by atoms with Crippen molar-refractivity contribution in [2.24, 2.45) is 0 Å². The van der Waals surface area contributed by atoms with Gasteiger partial charge >= 0.3 is 0 Å². The molecule has 5 nitrogen and oxygen atoms in total. The molecule has 1 aromatic carbocycles. The Morgan fingerprint density at radius 1 is 0.886 bits per heavy atom. The minimum atomic E-state index is -1.03. The summed E-state index contributed by atoms with van der Waals surface area (Å²) < 4.78 is 37.0. The summed E-state index contributed by atoms with van der Waals surface area (Å²) >= 11 is 0. The number of methoxy groups -OCH3 is 1. The Kier molecular flexibility index (Phi) is 13.3. The SMILES string of the molecule is CCCCCCCCCC[C@@H]1O[C@H]([C@@H]2CC[C@H](CS(=O)c3ccc(C)cc3)O2)CC[C@H]1OCOC. The van der Waals surface area contributed by atoms with Crippen LogP contribution in [0.5, 0.6) is 0 Å². The van der Waals surface area contributed by atoms with Crippen molar-refractivity contribution < 1.29 is 23.2 Å². The Morgan fingerprint density at radius 2 is 1.54 bits per heavy atom. The van der Waals surface area contributed by atoms with E-state index < -0.39 is 10.8 Å². The van der Waals surface area contributed by atoms with Crippen LogP contribution in [0.4, 0.5) is 0 Å². The number of hydrogen-bond acceptors (Lipinski definition) is 5. The van der Waals surface area contributed by atoms with Crippen LogP contribution in [0.15, 0.2) is 29.2 Å². The first kappa shape index (κ1) is 28.8. The molecule has 0 aliphatic carbocycles. The number of ether oxygens (including phenoxy) is 4. The van der Waals surface area contributed by atoms with E-state index >= 15 is 0 Å². The predicted octanol–water partition coefficient (Wildman–Crippen LogP) is 6.72. The van der Waals surface area contributed by atoms with Crippen LogP contribution in [0, 0.1) is 6.92 Å². The normalized spacial score (nSPS) is 27.8. The van der Waals surface area contributed by atoms with Gasteiger partial charge in [0.05, 0.1) is 47.1 Å². The summed E-state index contributed by atoms with van der Waals surface area (Å²) in [5, 5.41) is 0. The van der Waals surface area contributed by atoms with Crippen molar-refractivity contribution in [1.82, 2.24) is 0 Å². The maximum absolute atomic E-state index is 12.8. The highest BCUT2D eigenvalue weighted by atomic mass is 32.2. The van der Waals surface area contributed by atoms with E-state index in [0.29, 0.717) is 12.5 Å². The molecule has 1 unspecified atom stereocenters. The zero-order valence-electron chi connectivity index (χ0n) is 22.3. The van der Waals surface area contributed by atoms with Gasteiger partial charge in [-0.05, 0) is 51.2 Å². The summed E-state index contributed by atoms with van der Waals surface area (Å²) in [6, 6.07) is 7.99. The molecule has 2 heterocycles. The van der Waals surface area contributed by atoms with Crippen molar-refractivity contribution in [2.75, 3.05) is 19.7 Å². The highest BCUT2D eigenvalue weighted by Crippen LogP contribution is 2.34. The van der Waals surface area contributed by atoms with E-state index in [-0.39, 0.29) is 30.5 Å². The fraction of sp³-hybridized carbons (Fsp3) is 0.793. The van der Waals surface area contributed by atoms with Crippen LogP contribution in [0.1, 0.15) is 96.0 Å². The van der Waals surface area contributed by atoms with Gasteiger partial charge in [0.1, 0.15) is 6.79 Å². The molecule has 6 atom stereocenters. The van der Waals surface area contributed by atoms with E-state index in [0.717, 1.165) is 37.0 Å². The predicted molar refractivity (Wildman–Crippen MR) is 142 cm³/mol. The van der Waals surface area contributed by atoms with Gasteiger partial charge in [0.15, 0.2) is 0 Å². The minimum absolute atomic E-state index is 0.0411. The van der Waals surface area contributed by atoms with Crippen molar-refractivity contribution in [3.05, 3.63) is 29.8 Å². The molecule has 200 valence electrons. The van der Waals surface area contributed by atoms with E-state index in [9.17, 15) is 4.21 Å². The first-order valence-corrected chi connectivity index (χ1v) is 15.3. The molecule has 0 amide bonds. The van der Waals surface area contributed by atoms with Gasteiger partial charge in [0.25, 0.3) is 0 Å². The van der Waals surface area contributed by atoms with Crippen LogP contribution in [-0.4, -0.2) is 54.4 Å². The Labute approximate surface area is 216 Å². The zero-order chi connectivity index (χ0) is 24.9. The summed E-state index contributed by atoms with van der Waals surface area (Å²) in [5.74, 6) is 0.563. The van der Waals surface area contributed by atoms with Gasteiger partial charge in [0, 0.05) is 12.0 Å². The highest BCUT2D eigenvalue weighted by molar-refractivity contribution is 7.85. The molecule has 2 saturated heterocycles. The largest absolute Gasteiger partial charge is 0.371 e. The molecule has 1 aromatic rings. The monoisotopic (exact) mass is 508 g/mol. The molecule has 6 heteroatoms. The van der Waals surface area contributed by atoms with Crippen molar-refractivity contribution in [2.45, 2.75) is 133 Å². The maximum atomic E-state index is 12.8. The van der Waals surface area contributed by atoms with Crippen LogP contribution in [0.2, 0.25) is 0 Å². The van der Waals surface area contributed by atoms with Crippen LogP contribution < -0.4 is 0 Å². The number of aryl methyl sites for hydroxylation is 1. The lowest BCUT2D eigenvalue weighted by Crippen LogP contribution is -2.45. The van der Waals surface area contributed by atoms with Crippen molar-refractivity contribution >= 4 is 10.8 Å². The van der Waals surface area contributed by atoms with Crippen molar-refractivity contribution in [1.29, 1.82) is 0 Å². The van der Waals surface area contributed by atoms with Gasteiger partial charge in [-0.15, -0.1) is 0 Å². The average Bonchev–Trinajstić information content (AvgIpc) is 3.33. The molecule has 2 aliphatic heterocycles. The van der Waals surface area contributed by atoms with E-state index in [1.807, 2.05) is 31.2 Å². The molecule has 0 spiro atoms. The molecule has 0 saturated carbocycles. The minimum Gasteiger partial charge on any atom is -0.371 e. The summed E-state index contributed by atoms with van der Waals surface area (Å²) in [7, 11) is 0.647. The third-order valence-corrected chi connectivity index (χ3v) is 8.89. The number of rotatable bonds is 16. The standard InChI is InChI=1S/C29H48O5S/c1-4-5-6-7-8-9-10-11-12-27-26(32-22-31-3)19-20-29(34-27)28-18-15-24(33-28)21-35(30)25-16-13-23(2)14-17-25/h13-14,16-17,24,26-29H,4-12,15,18-22H2,1-3H3/t24-,26-,27+,28+,29+,35?/m1/s1. The second kappa shape index (κ2) is 16.1. The van der Waals surface area contributed by atoms with Gasteiger partial charge in [-0.1, -0.05) is 76.0 Å². The highest BCUT2D eigenvalue weighted by Gasteiger charge is 2.39. The van der Waals surface area contributed by atoms with Crippen LogP contribution in [-0.2, 0) is 29.7 Å². The fourth-order valence-electron chi connectivity index (χ4n) is 5.33. The third-order valence-electron chi connectivity index (χ3n) is 7.42. The third kappa shape index (κ3) is 9.88. The molecule has 0 aromatic heterocycles. The van der Waals surface area contributed by atoms with Crippen molar-refractivity contribution in [3.8, 4) is 0 Å². The molecular weight excluding hydrogens is 460 g/mol. The van der Waals surface area contributed by atoms with Gasteiger partial charge in [-0.3, -0.25) is 4.21 Å². The Balaban J connectivity index is 1.43. The first-order valence-electron chi connectivity index (χ1n) is 14.0. The molecular formula is C29H48O5S. The van der Waals surface area contributed by atoms with E-state index in [1.165, 1.54) is 56.9 Å². The van der Waals surface area contributed by atoms with Crippen LogP contribution >= 0.6 is 0 Å². The molecule has 0 bridgehead atoms. The molecule has 35 heavy (non-hydrogen) atoms. The maximum Gasteiger partial charge on any atom is 0.146 e. The topological polar surface area (TPSA) is 54.0 Å². The Hall–Kier alpha value is -0.790. The molecule has 2 fully saturated rings. The van der Waals surface area contributed by atoms with Gasteiger partial charge in [-0.25, -0.2) is 0 Å². The Bertz CT molecular complexity index is 724. The molecule has 3 rings (SSSR count). The lowest BCUT2D eigenvalue weighted by atomic mass is 9.93. The number of unbranched alkanes of at least 4 members (excludes halogenated alkanes) is 7. The summed E-state index contributed by atoms with van der Waals surface area (Å²) in [6.45, 7) is 4.64. The lowest BCUT2D eigenvalue weighted by molar-refractivity contribution is -0.195. The van der Waals surface area contributed by atoms with Gasteiger partial charge in [-0.2, -0.15) is 0 Å². The number of hydrogen-bond donors (Lipinski definition) is 0. The second-order valence-electron chi connectivity index (χ2n) is 10.4.